The second kappa shape index (κ2) is 6.46. The minimum atomic E-state index is -0.147. The number of rotatable bonds is 6. The molecule has 4 nitrogen and oxygen atoms in total. The van der Waals surface area contributed by atoms with E-state index in [0.717, 1.165) is 37.4 Å². The molecule has 1 aliphatic heterocycles. The van der Waals surface area contributed by atoms with Crippen molar-refractivity contribution in [1.29, 1.82) is 0 Å². The molecule has 0 fully saturated rings. The van der Waals surface area contributed by atoms with E-state index in [2.05, 4.69) is 43.5 Å². The van der Waals surface area contributed by atoms with Gasteiger partial charge in [0.1, 0.15) is 11.4 Å². The summed E-state index contributed by atoms with van der Waals surface area (Å²) in [6.45, 7) is 8.15. The fraction of sp³-hybridized carbons (Fsp3) is 0.625. The molecule has 1 unspecified atom stereocenters. The highest BCUT2D eigenvalue weighted by Crippen LogP contribution is 2.33. The van der Waals surface area contributed by atoms with Crippen LogP contribution in [0.1, 0.15) is 32.8 Å². The van der Waals surface area contributed by atoms with Crippen molar-refractivity contribution in [2.75, 3.05) is 25.0 Å². The Morgan fingerprint density at radius 2 is 2.25 bits per heavy atom. The predicted octanol–water partition coefficient (Wildman–Crippen LogP) is 2.17. The summed E-state index contributed by atoms with van der Waals surface area (Å²) in [5, 5.41) is 15.9. The fourth-order valence-corrected chi connectivity index (χ4v) is 2.36. The van der Waals surface area contributed by atoms with Gasteiger partial charge in [-0.15, -0.1) is 0 Å². The first-order chi connectivity index (χ1) is 9.54. The van der Waals surface area contributed by atoms with Crippen LogP contribution in [0.3, 0.4) is 0 Å². The van der Waals surface area contributed by atoms with E-state index in [1.807, 2.05) is 6.07 Å². The molecule has 4 heteroatoms. The van der Waals surface area contributed by atoms with Crippen molar-refractivity contribution in [2.24, 2.45) is 0 Å². The van der Waals surface area contributed by atoms with E-state index in [4.69, 9.17) is 9.84 Å². The summed E-state index contributed by atoms with van der Waals surface area (Å²) in [4.78, 5) is 0. The number of anilines is 1. The van der Waals surface area contributed by atoms with Gasteiger partial charge in [-0.05, 0) is 50.9 Å². The Morgan fingerprint density at radius 3 is 2.95 bits per heavy atom. The SMILES string of the molecule is CCC(CO)NCCc1ccc2c(c1)NCC(C)(C)O2. The summed E-state index contributed by atoms with van der Waals surface area (Å²) < 4.78 is 5.94. The number of benzene rings is 1. The number of fused-ring (bicyclic) bond motifs is 1. The molecule has 112 valence electrons. The molecule has 0 bridgehead atoms. The van der Waals surface area contributed by atoms with Crippen LogP contribution in [0.2, 0.25) is 0 Å². The monoisotopic (exact) mass is 278 g/mol. The molecule has 1 heterocycles. The van der Waals surface area contributed by atoms with Crippen LogP contribution in [-0.2, 0) is 6.42 Å². The largest absolute Gasteiger partial charge is 0.484 e. The second-order valence-electron chi connectivity index (χ2n) is 6.04. The van der Waals surface area contributed by atoms with Crippen LogP contribution < -0.4 is 15.4 Å². The molecular formula is C16H26N2O2. The maximum Gasteiger partial charge on any atom is 0.143 e. The summed E-state index contributed by atoms with van der Waals surface area (Å²) in [7, 11) is 0. The Balaban J connectivity index is 1.92. The number of ether oxygens (including phenoxy) is 1. The van der Waals surface area contributed by atoms with Crippen molar-refractivity contribution >= 4 is 5.69 Å². The lowest BCUT2D eigenvalue weighted by Crippen LogP contribution is -2.40. The van der Waals surface area contributed by atoms with Crippen LogP contribution >= 0.6 is 0 Å². The van der Waals surface area contributed by atoms with E-state index in [9.17, 15) is 0 Å². The molecule has 0 spiro atoms. The smallest absolute Gasteiger partial charge is 0.143 e. The highest BCUT2D eigenvalue weighted by Gasteiger charge is 2.26. The summed E-state index contributed by atoms with van der Waals surface area (Å²) >= 11 is 0. The highest BCUT2D eigenvalue weighted by atomic mass is 16.5. The molecule has 0 aliphatic carbocycles. The molecular weight excluding hydrogens is 252 g/mol. The van der Waals surface area contributed by atoms with E-state index in [1.54, 1.807) is 0 Å². The van der Waals surface area contributed by atoms with Crippen LogP contribution in [0.4, 0.5) is 5.69 Å². The number of aliphatic hydroxyl groups excluding tert-OH is 1. The van der Waals surface area contributed by atoms with E-state index in [-0.39, 0.29) is 18.2 Å². The fourth-order valence-electron chi connectivity index (χ4n) is 2.36. The Bertz CT molecular complexity index is 442. The lowest BCUT2D eigenvalue weighted by Gasteiger charge is -2.33. The van der Waals surface area contributed by atoms with Gasteiger partial charge in [0.2, 0.25) is 0 Å². The van der Waals surface area contributed by atoms with Gasteiger partial charge in [0.25, 0.3) is 0 Å². The summed E-state index contributed by atoms with van der Waals surface area (Å²) in [6, 6.07) is 6.52. The van der Waals surface area contributed by atoms with Gasteiger partial charge in [-0.2, -0.15) is 0 Å². The summed E-state index contributed by atoms with van der Waals surface area (Å²) in [5.41, 5.74) is 2.21. The molecule has 2 rings (SSSR count). The molecule has 1 aromatic rings. The van der Waals surface area contributed by atoms with Crippen molar-refractivity contribution in [2.45, 2.75) is 45.3 Å². The molecule has 0 saturated heterocycles. The third kappa shape index (κ3) is 3.87. The number of hydrogen-bond donors (Lipinski definition) is 3. The zero-order chi connectivity index (χ0) is 14.6. The standard InChI is InChI=1S/C16H26N2O2/c1-4-13(10-19)17-8-7-12-5-6-15-14(9-12)18-11-16(2,3)20-15/h5-6,9,13,17-19H,4,7-8,10-11H2,1-3H3. The van der Waals surface area contributed by atoms with E-state index in [1.165, 1.54) is 5.56 Å². The van der Waals surface area contributed by atoms with Crippen molar-refractivity contribution in [3.05, 3.63) is 23.8 Å². The minimum absolute atomic E-state index is 0.147. The molecule has 3 N–H and O–H groups in total. The average Bonchev–Trinajstić information content (AvgIpc) is 2.43. The predicted molar refractivity (Wildman–Crippen MR) is 82.5 cm³/mol. The van der Waals surface area contributed by atoms with Crippen LogP contribution in [0.15, 0.2) is 18.2 Å². The van der Waals surface area contributed by atoms with E-state index >= 15 is 0 Å². The molecule has 20 heavy (non-hydrogen) atoms. The lowest BCUT2D eigenvalue weighted by atomic mass is 10.0. The number of nitrogens with one attached hydrogen (secondary N) is 2. The van der Waals surface area contributed by atoms with Gasteiger partial charge in [-0.1, -0.05) is 13.0 Å². The Labute approximate surface area is 121 Å². The minimum Gasteiger partial charge on any atom is -0.484 e. The van der Waals surface area contributed by atoms with Crippen LogP contribution in [0.25, 0.3) is 0 Å². The van der Waals surface area contributed by atoms with Gasteiger partial charge in [0.15, 0.2) is 0 Å². The van der Waals surface area contributed by atoms with Crippen LogP contribution in [-0.4, -0.2) is 36.4 Å². The topological polar surface area (TPSA) is 53.5 Å². The number of aliphatic hydroxyl groups is 1. The average molecular weight is 278 g/mol. The van der Waals surface area contributed by atoms with E-state index < -0.39 is 0 Å². The summed E-state index contributed by atoms with van der Waals surface area (Å²) in [6.07, 6.45) is 1.90. The van der Waals surface area contributed by atoms with Gasteiger partial charge in [0, 0.05) is 6.04 Å². The lowest BCUT2D eigenvalue weighted by molar-refractivity contribution is 0.116. The van der Waals surface area contributed by atoms with Gasteiger partial charge in [-0.3, -0.25) is 0 Å². The zero-order valence-corrected chi connectivity index (χ0v) is 12.7. The third-order valence-corrected chi connectivity index (χ3v) is 3.69. The summed E-state index contributed by atoms with van der Waals surface area (Å²) in [5.74, 6) is 0.930. The highest BCUT2D eigenvalue weighted by molar-refractivity contribution is 5.60. The maximum absolute atomic E-state index is 9.14. The van der Waals surface area contributed by atoms with Gasteiger partial charge in [-0.25, -0.2) is 0 Å². The van der Waals surface area contributed by atoms with Crippen molar-refractivity contribution in [1.82, 2.24) is 5.32 Å². The maximum atomic E-state index is 9.14. The molecule has 1 aromatic carbocycles. The quantitative estimate of drug-likeness (QED) is 0.746. The third-order valence-electron chi connectivity index (χ3n) is 3.69. The Morgan fingerprint density at radius 1 is 1.45 bits per heavy atom. The zero-order valence-electron chi connectivity index (χ0n) is 12.7. The first-order valence-corrected chi connectivity index (χ1v) is 7.44. The van der Waals surface area contributed by atoms with Crippen molar-refractivity contribution < 1.29 is 9.84 Å². The first kappa shape index (κ1) is 15.1. The van der Waals surface area contributed by atoms with Crippen LogP contribution in [0.5, 0.6) is 5.75 Å². The first-order valence-electron chi connectivity index (χ1n) is 7.44. The van der Waals surface area contributed by atoms with Crippen molar-refractivity contribution in [3.63, 3.8) is 0 Å². The molecule has 0 aromatic heterocycles. The molecule has 0 saturated carbocycles. The van der Waals surface area contributed by atoms with Gasteiger partial charge < -0.3 is 20.5 Å². The molecule has 0 radical (unpaired) electrons. The van der Waals surface area contributed by atoms with Gasteiger partial charge >= 0.3 is 0 Å². The number of hydrogen-bond acceptors (Lipinski definition) is 4. The normalized spacial score (nSPS) is 17.8. The molecule has 1 aliphatic rings. The van der Waals surface area contributed by atoms with Gasteiger partial charge in [0.05, 0.1) is 18.8 Å². The van der Waals surface area contributed by atoms with Crippen molar-refractivity contribution in [3.8, 4) is 5.75 Å². The van der Waals surface area contributed by atoms with E-state index in [0.29, 0.717) is 0 Å². The van der Waals surface area contributed by atoms with Crippen LogP contribution in [0, 0.1) is 0 Å². The molecule has 1 atom stereocenters. The Hall–Kier alpha value is -1.26. The Kier molecular flexibility index (Phi) is 4.89. The molecule has 0 amide bonds. The second-order valence-corrected chi connectivity index (χ2v) is 6.04.